The van der Waals surface area contributed by atoms with Crippen LogP contribution < -0.4 is 5.32 Å². The van der Waals surface area contributed by atoms with Crippen molar-refractivity contribution in [1.82, 2.24) is 5.32 Å². The van der Waals surface area contributed by atoms with Gasteiger partial charge in [0.1, 0.15) is 0 Å². The van der Waals surface area contributed by atoms with Gasteiger partial charge in [-0.15, -0.1) is 0 Å². The van der Waals surface area contributed by atoms with Crippen molar-refractivity contribution in [2.24, 2.45) is 11.3 Å². The summed E-state index contributed by atoms with van der Waals surface area (Å²) in [7, 11) is 0. The van der Waals surface area contributed by atoms with Crippen molar-refractivity contribution in [2.45, 2.75) is 57.9 Å². The van der Waals surface area contributed by atoms with Gasteiger partial charge >= 0.3 is 0 Å². The standard InChI is InChI=1S/C15H29NO2/c1-2-13-4-3-5-14(10-13)16-11-15(12-17)6-8-18-9-7-15/h13-14,16-17H,2-12H2,1H3. The lowest BCUT2D eigenvalue weighted by molar-refractivity contribution is -0.0173. The van der Waals surface area contributed by atoms with Gasteiger partial charge < -0.3 is 15.2 Å². The maximum atomic E-state index is 9.67. The van der Waals surface area contributed by atoms with Crippen LogP contribution in [0.15, 0.2) is 0 Å². The van der Waals surface area contributed by atoms with E-state index in [1.54, 1.807) is 0 Å². The SMILES string of the molecule is CCC1CCCC(NCC2(CO)CCOCC2)C1. The molecule has 0 aromatic carbocycles. The molecule has 2 rings (SSSR count). The zero-order valence-electron chi connectivity index (χ0n) is 11.8. The van der Waals surface area contributed by atoms with Crippen LogP contribution in [0.5, 0.6) is 0 Å². The van der Waals surface area contributed by atoms with Gasteiger partial charge in [0, 0.05) is 31.2 Å². The third-order valence-corrected chi connectivity index (χ3v) is 5.01. The lowest BCUT2D eigenvalue weighted by Gasteiger charge is -2.38. The van der Waals surface area contributed by atoms with Gasteiger partial charge in [-0.3, -0.25) is 0 Å². The van der Waals surface area contributed by atoms with Gasteiger partial charge in [-0.25, -0.2) is 0 Å². The van der Waals surface area contributed by atoms with Crippen molar-refractivity contribution in [3.8, 4) is 0 Å². The highest BCUT2D eigenvalue weighted by atomic mass is 16.5. The maximum absolute atomic E-state index is 9.67. The summed E-state index contributed by atoms with van der Waals surface area (Å²) in [5.41, 5.74) is 0.0808. The van der Waals surface area contributed by atoms with Crippen LogP contribution in [0.2, 0.25) is 0 Å². The summed E-state index contributed by atoms with van der Waals surface area (Å²) in [4.78, 5) is 0. The molecule has 1 heterocycles. The van der Waals surface area contributed by atoms with Crippen LogP contribution in [0.3, 0.4) is 0 Å². The second-order valence-corrected chi connectivity index (χ2v) is 6.29. The zero-order valence-corrected chi connectivity index (χ0v) is 11.8. The molecule has 3 heteroatoms. The first kappa shape index (κ1) is 14.3. The second-order valence-electron chi connectivity index (χ2n) is 6.29. The minimum absolute atomic E-state index is 0.0808. The average Bonchev–Trinajstić information content (AvgIpc) is 2.46. The van der Waals surface area contributed by atoms with Gasteiger partial charge in [0.25, 0.3) is 0 Å². The highest BCUT2D eigenvalue weighted by molar-refractivity contribution is 4.86. The average molecular weight is 255 g/mol. The van der Waals surface area contributed by atoms with E-state index in [4.69, 9.17) is 4.74 Å². The number of ether oxygens (including phenoxy) is 1. The van der Waals surface area contributed by atoms with Crippen molar-refractivity contribution in [3.05, 3.63) is 0 Å². The zero-order chi connectivity index (χ0) is 12.8. The lowest BCUT2D eigenvalue weighted by Crippen LogP contribution is -2.46. The second kappa shape index (κ2) is 6.88. The molecule has 0 aromatic rings. The molecule has 18 heavy (non-hydrogen) atoms. The smallest absolute Gasteiger partial charge is 0.0501 e. The first-order valence-corrected chi connectivity index (χ1v) is 7.70. The lowest BCUT2D eigenvalue weighted by atomic mass is 9.79. The van der Waals surface area contributed by atoms with Gasteiger partial charge in [-0.1, -0.05) is 26.2 Å². The molecule has 2 aliphatic rings. The van der Waals surface area contributed by atoms with Gasteiger partial charge in [0.2, 0.25) is 0 Å². The van der Waals surface area contributed by atoms with Crippen molar-refractivity contribution in [2.75, 3.05) is 26.4 Å². The quantitative estimate of drug-likeness (QED) is 0.792. The molecule has 2 N–H and O–H groups in total. The van der Waals surface area contributed by atoms with Crippen LogP contribution in [0.25, 0.3) is 0 Å². The fourth-order valence-electron chi connectivity index (χ4n) is 3.40. The monoisotopic (exact) mass is 255 g/mol. The van der Waals surface area contributed by atoms with Crippen LogP contribution in [0.4, 0.5) is 0 Å². The number of hydrogen-bond acceptors (Lipinski definition) is 3. The number of hydrogen-bond donors (Lipinski definition) is 2. The van der Waals surface area contributed by atoms with E-state index >= 15 is 0 Å². The first-order valence-electron chi connectivity index (χ1n) is 7.70. The Morgan fingerprint density at radius 1 is 1.28 bits per heavy atom. The summed E-state index contributed by atoms with van der Waals surface area (Å²) in [6.45, 7) is 5.19. The van der Waals surface area contributed by atoms with E-state index in [9.17, 15) is 5.11 Å². The molecule has 0 amide bonds. The van der Waals surface area contributed by atoms with Gasteiger partial charge in [-0.05, 0) is 31.6 Å². The van der Waals surface area contributed by atoms with Crippen molar-refractivity contribution in [1.29, 1.82) is 0 Å². The predicted octanol–water partition coefficient (Wildman–Crippen LogP) is 2.33. The van der Waals surface area contributed by atoms with Crippen LogP contribution in [-0.4, -0.2) is 37.5 Å². The Labute approximate surface area is 111 Å². The Balaban J connectivity index is 1.78. The molecular weight excluding hydrogens is 226 g/mol. The number of rotatable bonds is 5. The van der Waals surface area contributed by atoms with Crippen molar-refractivity contribution >= 4 is 0 Å². The molecule has 0 aromatic heterocycles. The van der Waals surface area contributed by atoms with Crippen molar-refractivity contribution in [3.63, 3.8) is 0 Å². The van der Waals surface area contributed by atoms with Crippen LogP contribution in [-0.2, 0) is 4.74 Å². The fourth-order valence-corrected chi connectivity index (χ4v) is 3.40. The Morgan fingerprint density at radius 2 is 2.06 bits per heavy atom. The van der Waals surface area contributed by atoms with E-state index in [0.717, 1.165) is 38.5 Å². The van der Waals surface area contributed by atoms with Gasteiger partial charge in [-0.2, -0.15) is 0 Å². The summed E-state index contributed by atoms with van der Waals surface area (Å²) in [6, 6.07) is 0.676. The minimum Gasteiger partial charge on any atom is -0.396 e. The molecule has 2 atom stereocenters. The molecule has 3 nitrogen and oxygen atoms in total. The van der Waals surface area contributed by atoms with Crippen LogP contribution in [0, 0.1) is 11.3 Å². The van der Waals surface area contributed by atoms with E-state index in [2.05, 4.69) is 12.2 Å². The third-order valence-electron chi connectivity index (χ3n) is 5.01. The maximum Gasteiger partial charge on any atom is 0.0501 e. The summed E-state index contributed by atoms with van der Waals surface area (Å²) in [5, 5.41) is 13.4. The number of aliphatic hydroxyl groups excluding tert-OH is 1. The van der Waals surface area contributed by atoms with Gasteiger partial charge in [0.05, 0.1) is 6.61 Å². The molecule has 1 aliphatic carbocycles. The summed E-state index contributed by atoms with van der Waals surface area (Å²) < 4.78 is 5.41. The van der Waals surface area contributed by atoms with E-state index in [-0.39, 0.29) is 5.41 Å². The number of nitrogens with one attached hydrogen (secondary N) is 1. The molecule has 0 radical (unpaired) electrons. The van der Waals surface area contributed by atoms with Crippen LogP contribution in [0.1, 0.15) is 51.9 Å². The minimum atomic E-state index is 0.0808. The molecule has 106 valence electrons. The molecule has 0 spiro atoms. The highest BCUT2D eigenvalue weighted by Gasteiger charge is 2.33. The van der Waals surface area contributed by atoms with Crippen molar-refractivity contribution < 1.29 is 9.84 Å². The predicted molar refractivity (Wildman–Crippen MR) is 73.6 cm³/mol. The fraction of sp³-hybridized carbons (Fsp3) is 1.00. The largest absolute Gasteiger partial charge is 0.396 e. The summed E-state index contributed by atoms with van der Waals surface area (Å²) >= 11 is 0. The topological polar surface area (TPSA) is 41.5 Å². The molecule has 1 saturated heterocycles. The van der Waals surface area contributed by atoms with Gasteiger partial charge in [0.15, 0.2) is 0 Å². The molecule has 1 saturated carbocycles. The van der Waals surface area contributed by atoms with E-state index < -0.39 is 0 Å². The highest BCUT2D eigenvalue weighted by Crippen LogP contribution is 2.31. The Kier molecular flexibility index (Phi) is 5.46. The van der Waals surface area contributed by atoms with Crippen LogP contribution >= 0.6 is 0 Å². The normalized spacial score (nSPS) is 32.3. The molecule has 2 fully saturated rings. The molecule has 0 bridgehead atoms. The summed E-state index contributed by atoms with van der Waals surface area (Å²) in [6.07, 6.45) is 8.74. The Bertz CT molecular complexity index is 239. The number of aliphatic hydroxyl groups is 1. The van der Waals surface area contributed by atoms with E-state index in [1.807, 2.05) is 0 Å². The molecule has 2 unspecified atom stereocenters. The molecular formula is C15H29NO2. The van der Waals surface area contributed by atoms with E-state index in [0.29, 0.717) is 12.6 Å². The van der Waals surface area contributed by atoms with E-state index in [1.165, 1.54) is 32.1 Å². The Hall–Kier alpha value is -0.120. The summed E-state index contributed by atoms with van der Waals surface area (Å²) in [5.74, 6) is 0.913. The Morgan fingerprint density at radius 3 is 2.72 bits per heavy atom. The first-order chi connectivity index (χ1) is 8.78. The molecule has 1 aliphatic heterocycles. The third kappa shape index (κ3) is 3.69.